The van der Waals surface area contributed by atoms with E-state index < -0.39 is 0 Å². The summed E-state index contributed by atoms with van der Waals surface area (Å²) in [6.07, 6.45) is 9.68. The molecular weight excluding hydrogens is 462 g/mol. The molecule has 0 bridgehead atoms. The van der Waals surface area contributed by atoms with Crippen molar-refractivity contribution in [3.05, 3.63) is 72.7 Å². The zero-order valence-corrected chi connectivity index (χ0v) is 22.8. The Balaban J connectivity index is 0.000000210. The van der Waals surface area contributed by atoms with Crippen molar-refractivity contribution in [2.75, 3.05) is 32.4 Å². The van der Waals surface area contributed by atoms with Gasteiger partial charge in [0.1, 0.15) is 18.1 Å². The topological polar surface area (TPSA) is 92.1 Å². The number of nitrogen functional groups attached to an aromatic ring is 1. The van der Waals surface area contributed by atoms with Gasteiger partial charge in [0.05, 0.1) is 6.54 Å². The fourth-order valence-electron chi connectivity index (χ4n) is 4.15. The maximum atomic E-state index is 8.81. The molecule has 0 radical (unpaired) electrons. The smallest absolute Gasteiger partial charge is 0.151 e. The minimum Gasteiger partial charge on any atom is -0.382 e. The summed E-state index contributed by atoms with van der Waals surface area (Å²) in [5, 5.41) is 10.8. The summed E-state index contributed by atoms with van der Waals surface area (Å²) in [5.41, 5.74) is 9.30. The molecule has 2 aliphatic heterocycles. The summed E-state index contributed by atoms with van der Waals surface area (Å²) in [4.78, 5) is 15.1. The molecule has 4 heterocycles. The Morgan fingerprint density at radius 3 is 2.41 bits per heavy atom. The van der Waals surface area contributed by atoms with Crippen LogP contribution >= 0.6 is 0 Å². The van der Waals surface area contributed by atoms with Gasteiger partial charge < -0.3 is 15.4 Å². The van der Waals surface area contributed by atoms with E-state index in [4.69, 9.17) is 10.5 Å². The van der Waals surface area contributed by atoms with Crippen molar-refractivity contribution in [1.29, 1.82) is 0 Å². The molecule has 200 valence electrons. The number of anilines is 1. The van der Waals surface area contributed by atoms with E-state index in [2.05, 4.69) is 89.1 Å². The minimum absolute atomic E-state index is 0.549. The Morgan fingerprint density at radius 2 is 1.84 bits per heavy atom. The monoisotopic (exact) mass is 505 g/mol. The summed E-state index contributed by atoms with van der Waals surface area (Å²) in [5.74, 6) is 1.76. The number of nitrogens with two attached hydrogens (primary N) is 1. The molecule has 2 N–H and O–H groups in total. The second-order valence-corrected chi connectivity index (χ2v) is 9.15. The van der Waals surface area contributed by atoms with Gasteiger partial charge in [-0.25, -0.2) is 9.50 Å². The predicted octanol–water partition coefficient (Wildman–Crippen LogP) is 5.03. The van der Waals surface area contributed by atoms with Crippen LogP contribution in [-0.2, 0) is 11.3 Å². The SMILES string of the molecule is C=CCC.CC=O.CCC1C=NN(Cc2ccccc2)C1.CN1CCC(c2ccc3c(N)ncnn23)C1. The van der Waals surface area contributed by atoms with Crippen LogP contribution in [0.2, 0.25) is 0 Å². The molecule has 0 spiro atoms. The fraction of sp³-hybridized carbons (Fsp3) is 0.448. The van der Waals surface area contributed by atoms with Crippen molar-refractivity contribution < 1.29 is 4.79 Å². The number of rotatable bonds is 5. The molecule has 2 unspecified atom stereocenters. The van der Waals surface area contributed by atoms with E-state index in [0.717, 1.165) is 44.4 Å². The van der Waals surface area contributed by atoms with Gasteiger partial charge in [-0.05, 0) is 57.5 Å². The van der Waals surface area contributed by atoms with Crippen molar-refractivity contribution in [3.63, 3.8) is 0 Å². The number of allylic oxidation sites excluding steroid dienone is 1. The highest BCUT2D eigenvalue weighted by molar-refractivity contribution is 5.65. The van der Waals surface area contributed by atoms with Gasteiger partial charge in [0.25, 0.3) is 0 Å². The Hall–Kier alpha value is -3.52. The third kappa shape index (κ3) is 9.46. The first-order valence-electron chi connectivity index (χ1n) is 13.1. The van der Waals surface area contributed by atoms with E-state index >= 15 is 0 Å². The molecule has 1 aromatic carbocycles. The number of nitrogens with zero attached hydrogens (tertiary/aromatic N) is 6. The second-order valence-electron chi connectivity index (χ2n) is 9.15. The molecule has 5 rings (SSSR count). The standard InChI is InChI=1S/C12H16N2.C11H15N5.C4H8.C2H4O/c1-2-11-8-13-14(9-11)10-12-6-4-3-5-7-12;1-15-5-4-8(6-15)9-2-3-10-11(12)13-7-14-16(9)10;1-3-4-2;1-2-3/h3-8,11H,2,9-10H2,1H3;2-3,7-8H,4-6H2,1H3,(H2,12,13,14);3H,1,4H2,2H3;2H,1H3. The van der Waals surface area contributed by atoms with Crippen molar-refractivity contribution in [2.45, 2.75) is 52.5 Å². The van der Waals surface area contributed by atoms with Gasteiger partial charge in [-0.3, -0.25) is 5.01 Å². The van der Waals surface area contributed by atoms with Crippen LogP contribution in [0.15, 0.2) is 66.5 Å². The van der Waals surface area contributed by atoms with Crippen LogP contribution in [-0.4, -0.2) is 63.7 Å². The average molecular weight is 506 g/mol. The summed E-state index contributed by atoms with van der Waals surface area (Å²) in [6.45, 7) is 13.5. The fourth-order valence-corrected chi connectivity index (χ4v) is 4.15. The number of aldehydes is 1. The molecule has 3 aromatic rings. The summed E-state index contributed by atoms with van der Waals surface area (Å²) in [6, 6.07) is 14.6. The van der Waals surface area contributed by atoms with E-state index in [-0.39, 0.29) is 0 Å². The summed E-state index contributed by atoms with van der Waals surface area (Å²) >= 11 is 0. The van der Waals surface area contributed by atoms with Crippen molar-refractivity contribution in [1.82, 2.24) is 24.5 Å². The van der Waals surface area contributed by atoms with Crippen LogP contribution < -0.4 is 5.73 Å². The number of fused-ring (bicyclic) bond motifs is 1. The van der Waals surface area contributed by atoms with Gasteiger partial charge in [-0.15, -0.1) is 6.58 Å². The molecular formula is C29H43N7O. The Morgan fingerprint density at radius 1 is 1.14 bits per heavy atom. The highest BCUT2D eigenvalue weighted by Crippen LogP contribution is 2.28. The number of carbonyl (C=O) groups excluding carboxylic acids is 1. The molecule has 8 heteroatoms. The van der Waals surface area contributed by atoms with Crippen LogP contribution in [0.1, 0.15) is 57.2 Å². The Labute approximate surface area is 221 Å². The zero-order chi connectivity index (χ0) is 27.0. The van der Waals surface area contributed by atoms with Crippen molar-refractivity contribution in [2.24, 2.45) is 11.0 Å². The molecule has 0 saturated carbocycles. The summed E-state index contributed by atoms with van der Waals surface area (Å²) in [7, 11) is 2.15. The van der Waals surface area contributed by atoms with Gasteiger partial charge in [0.15, 0.2) is 5.82 Å². The number of carbonyl (C=O) groups is 1. The molecule has 1 fully saturated rings. The Kier molecular flexibility index (Phi) is 13.1. The van der Waals surface area contributed by atoms with E-state index in [1.165, 1.54) is 37.4 Å². The van der Waals surface area contributed by atoms with E-state index in [0.29, 0.717) is 17.7 Å². The second kappa shape index (κ2) is 16.3. The number of hydrazone groups is 1. The summed E-state index contributed by atoms with van der Waals surface area (Å²) < 4.78 is 1.92. The maximum Gasteiger partial charge on any atom is 0.151 e. The number of benzene rings is 1. The van der Waals surface area contributed by atoms with Crippen LogP contribution in [0.4, 0.5) is 5.82 Å². The van der Waals surface area contributed by atoms with Gasteiger partial charge in [0.2, 0.25) is 0 Å². The molecule has 8 nitrogen and oxygen atoms in total. The lowest BCUT2D eigenvalue weighted by Gasteiger charge is -2.15. The van der Waals surface area contributed by atoms with Gasteiger partial charge in [0, 0.05) is 36.8 Å². The number of hydrogen-bond donors (Lipinski definition) is 1. The van der Waals surface area contributed by atoms with Crippen LogP contribution in [0.3, 0.4) is 0 Å². The first-order chi connectivity index (χ1) is 18.0. The van der Waals surface area contributed by atoms with E-state index in [1.54, 1.807) is 0 Å². The molecule has 2 aliphatic rings. The maximum absolute atomic E-state index is 8.81. The van der Waals surface area contributed by atoms with Gasteiger partial charge >= 0.3 is 0 Å². The largest absolute Gasteiger partial charge is 0.382 e. The van der Waals surface area contributed by atoms with Crippen molar-refractivity contribution >= 4 is 23.8 Å². The number of aromatic nitrogens is 3. The van der Waals surface area contributed by atoms with E-state index in [9.17, 15) is 0 Å². The molecule has 1 saturated heterocycles. The predicted molar refractivity (Wildman–Crippen MR) is 154 cm³/mol. The number of likely N-dealkylation sites (N-methyl/N-ethyl adjacent to an activating group) is 1. The number of hydrogen-bond acceptors (Lipinski definition) is 7. The molecule has 0 aliphatic carbocycles. The Bertz CT molecular complexity index is 1100. The van der Waals surface area contributed by atoms with Gasteiger partial charge in [-0.1, -0.05) is 50.3 Å². The van der Waals surface area contributed by atoms with Crippen LogP contribution in [0.25, 0.3) is 5.52 Å². The lowest BCUT2D eigenvalue weighted by atomic mass is 10.1. The van der Waals surface area contributed by atoms with Crippen molar-refractivity contribution in [3.8, 4) is 0 Å². The van der Waals surface area contributed by atoms with Crippen LogP contribution in [0, 0.1) is 5.92 Å². The van der Waals surface area contributed by atoms with E-state index in [1.807, 2.05) is 22.7 Å². The normalized spacial score (nSPS) is 18.2. The first kappa shape index (κ1) is 29.7. The third-order valence-corrected chi connectivity index (χ3v) is 6.23. The zero-order valence-electron chi connectivity index (χ0n) is 22.8. The molecule has 2 aromatic heterocycles. The lowest BCUT2D eigenvalue weighted by Crippen LogP contribution is -2.17. The average Bonchev–Trinajstić information content (AvgIpc) is 3.66. The van der Waals surface area contributed by atoms with Gasteiger partial charge in [-0.2, -0.15) is 10.2 Å². The number of likely N-dealkylation sites (tertiary alicyclic amines) is 1. The first-order valence-corrected chi connectivity index (χ1v) is 13.1. The minimum atomic E-state index is 0.549. The quantitative estimate of drug-likeness (QED) is 0.386. The molecule has 0 amide bonds. The lowest BCUT2D eigenvalue weighted by molar-refractivity contribution is -0.106. The highest BCUT2D eigenvalue weighted by atomic mass is 16.1. The highest BCUT2D eigenvalue weighted by Gasteiger charge is 2.24. The van der Waals surface area contributed by atoms with Crippen LogP contribution in [0.5, 0.6) is 0 Å². The molecule has 2 atom stereocenters. The molecule has 37 heavy (non-hydrogen) atoms. The third-order valence-electron chi connectivity index (χ3n) is 6.23.